The van der Waals surface area contributed by atoms with Crippen LogP contribution in [0.25, 0.3) is 0 Å². The molecule has 0 saturated carbocycles. The lowest BCUT2D eigenvalue weighted by Crippen LogP contribution is -2.07. The van der Waals surface area contributed by atoms with Crippen molar-refractivity contribution in [2.24, 2.45) is 5.73 Å². The van der Waals surface area contributed by atoms with Crippen LogP contribution in [0.15, 0.2) is 15.4 Å². The molecule has 0 aliphatic carbocycles. The van der Waals surface area contributed by atoms with Crippen LogP contribution in [-0.2, 0) is 0 Å². The summed E-state index contributed by atoms with van der Waals surface area (Å²) in [7, 11) is 0. The quantitative estimate of drug-likeness (QED) is 0.626. The highest BCUT2D eigenvalue weighted by Crippen LogP contribution is 2.08. The van der Waals surface area contributed by atoms with Gasteiger partial charge >= 0.3 is 0 Å². The molecule has 1 heterocycles. The number of nitrogens with two attached hydrogens (primary N) is 1. The van der Waals surface area contributed by atoms with Gasteiger partial charge in [-0.1, -0.05) is 6.92 Å². The molecular formula is C6H10N2O2. The zero-order valence-corrected chi connectivity index (χ0v) is 5.76. The molecule has 0 bridgehead atoms. The monoisotopic (exact) mass is 142 g/mol. The van der Waals surface area contributed by atoms with Crippen LogP contribution in [0.3, 0.4) is 0 Å². The Kier molecular flexibility index (Phi) is 1.91. The molecule has 1 atom stereocenters. The van der Waals surface area contributed by atoms with Crippen molar-refractivity contribution < 1.29 is 4.52 Å². The molecule has 1 rings (SSSR count). The number of hydrogen-bond donors (Lipinski definition) is 2. The summed E-state index contributed by atoms with van der Waals surface area (Å²) < 4.78 is 4.75. The van der Waals surface area contributed by atoms with Crippen molar-refractivity contribution in [1.29, 1.82) is 0 Å². The Hall–Kier alpha value is -1.03. The highest BCUT2D eigenvalue weighted by molar-refractivity contribution is 4.98. The molecule has 0 spiro atoms. The molecule has 0 fully saturated rings. The molecule has 0 saturated heterocycles. The van der Waals surface area contributed by atoms with E-state index in [2.05, 4.69) is 5.16 Å². The summed E-state index contributed by atoms with van der Waals surface area (Å²) in [6.07, 6.45) is 0.765. The van der Waals surface area contributed by atoms with Crippen molar-refractivity contribution in [3.05, 3.63) is 22.2 Å². The molecule has 1 unspecified atom stereocenters. The van der Waals surface area contributed by atoms with Gasteiger partial charge in [0.25, 0.3) is 5.56 Å². The van der Waals surface area contributed by atoms with Gasteiger partial charge in [0.2, 0.25) is 0 Å². The molecule has 1 aromatic rings. The minimum Gasteiger partial charge on any atom is -0.382 e. The third-order valence-corrected chi connectivity index (χ3v) is 1.35. The minimum absolute atomic E-state index is 0.168. The Bertz CT molecular complexity index is 250. The van der Waals surface area contributed by atoms with E-state index in [0.29, 0.717) is 5.76 Å². The average Bonchev–Trinajstić information content (AvgIpc) is 2.34. The first-order valence-corrected chi connectivity index (χ1v) is 3.18. The van der Waals surface area contributed by atoms with Crippen LogP contribution >= 0.6 is 0 Å². The van der Waals surface area contributed by atoms with E-state index < -0.39 is 0 Å². The fraction of sp³-hybridized carbons (Fsp3) is 0.500. The molecule has 0 amide bonds. The highest BCUT2D eigenvalue weighted by atomic mass is 16.5. The largest absolute Gasteiger partial charge is 0.382 e. The van der Waals surface area contributed by atoms with Crippen molar-refractivity contribution in [3.8, 4) is 0 Å². The summed E-state index contributed by atoms with van der Waals surface area (Å²) in [4.78, 5) is 10.5. The number of rotatable bonds is 2. The lowest BCUT2D eigenvalue weighted by molar-refractivity contribution is 0.355. The average molecular weight is 142 g/mol. The van der Waals surface area contributed by atoms with Crippen LogP contribution in [-0.4, -0.2) is 5.16 Å². The summed E-state index contributed by atoms with van der Waals surface area (Å²) in [5, 5.41) is 2.17. The van der Waals surface area contributed by atoms with Crippen LogP contribution in [0.1, 0.15) is 25.1 Å². The van der Waals surface area contributed by atoms with E-state index in [1.54, 1.807) is 0 Å². The summed E-state index contributed by atoms with van der Waals surface area (Å²) in [5.41, 5.74) is 5.32. The smallest absolute Gasteiger partial charge is 0.280 e. The van der Waals surface area contributed by atoms with E-state index in [9.17, 15) is 4.79 Å². The second kappa shape index (κ2) is 2.70. The lowest BCUT2D eigenvalue weighted by Gasteiger charge is -2.00. The van der Waals surface area contributed by atoms with Gasteiger partial charge < -0.3 is 10.3 Å². The van der Waals surface area contributed by atoms with Gasteiger partial charge in [-0.15, -0.1) is 0 Å². The van der Waals surface area contributed by atoms with Gasteiger partial charge in [-0.05, 0) is 6.42 Å². The number of aromatic nitrogens is 1. The van der Waals surface area contributed by atoms with E-state index in [4.69, 9.17) is 10.3 Å². The van der Waals surface area contributed by atoms with E-state index in [1.807, 2.05) is 6.92 Å². The van der Waals surface area contributed by atoms with Crippen LogP contribution in [0.4, 0.5) is 0 Å². The van der Waals surface area contributed by atoms with Crippen LogP contribution < -0.4 is 11.3 Å². The van der Waals surface area contributed by atoms with Gasteiger partial charge in [-0.3, -0.25) is 4.79 Å². The predicted molar refractivity (Wildman–Crippen MR) is 36.5 cm³/mol. The molecule has 0 aliphatic heterocycles. The summed E-state index contributed by atoms with van der Waals surface area (Å²) in [6.45, 7) is 1.93. The first-order chi connectivity index (χ1) is 4.74. The third kappa shape index (κ3) is 1.27. The summed E-state index contributed by atoms with van der Waals surface area (Å²) in [6, 6.07) is 1.20. The second-order valence-electron chi connectivity index (χ2n) is 2.13. The molecule has 0 aliphatic rings. The Morgan fingerprint density at radius 1 is 1.90 bits per heavy atom. The van der Waals surface area contributed by atoms with E-state index in [0.717, 1.165) is 6.42 Å². The Morgan fingerprint density at radius 2 is 2.60 bits per heavy atom. The molecule has 0 radical (unpaired) electrons. The first-order valence-electron chi connectivity index (χ1n) is 3.18. The number of nitrogens with one attached hydrogen (secondary N) is 1. The zero-order valence-electron chi connectivity index (χ0n) is 5.76. The zero-order chi connectivity index (χ0) is 7.56. The van der Waals surface area contributed by atoms with Gasteiger partial charge in [-0.25, -0.2) is 0 Å². The maximum absolute atomic E-state index is 10.5. The topological polar surface area (TPSA) is 72.0 Å². The van der Waals surface area contributed by atoms with E-state index in [1.165, 1.54) is 6.07 Å². The maximum Gasteiger partial charge on any atom is 0.280 e. The van der Waals surface area contributed by atoms with Gasteiger partial charge in [0.05, 0.1) is 6.04 Å². The normalized spacial score (nSPS) is 13.4. The number of H-pyrrole nitrogens is 1. The van der Waals surface area contributed by atoms with Crippen molar-refractivity contribution in [2.75, 3.05) is 0 Å². The molecule has 4 heteroatoms. The molecule has 10 heavy (non-hydrogen) atoms. The SMILES string of the molecule is CCC(N)c1cc(=O)[nH]o1. The van der Waals surface area contributed by atoms with Crippen molar-refractivity contribution in [1.82, 2.24) is 5.16 Å². The molecule has 3 N–H and O–H groups in total. The van der Waals surface area contributed by atoms with Gasteiger partial charge in [0, 0.05) is 6.07 Å². The molecule has 56 valence electrons. The molecule has 1 aromatic heterocycles. The van der Waals surface area contributed by atoms with Gasteiger partial charge in [-0.2, -0.15) is 5.16 Å². The Labute approximate surface area is 58.0 Å². The van der Waals surface area contributed by atoms with E-state index in [-0.39, 0.29) is 11.6 Å². The Morgan fingerprint density at radius 3 is 3.00 bits per heavy atom. The van der Waals surface area contributed by atoms with Crippen LogP contribution in [0.2, 0.25) is 0 Å². The Balaban J connectivity index is 2.84. The maximum atomic E-state index is 10.5. The third-order valence-electron chi connectivity index (χ3n) is 1.35. The highest BCUT2D eigenvalue weighted by Gasteiger charge is 2.06. The molecular weight excluding hydrogens is 132 g/mol. The van der Waals surface area contributed by atoms with E-state index >= 15 is 0 Å². The first kappa shape index (κ1) is 7.08. The standard InChI is InChI=1S/C6H10N2O2/c1-2-4(7)5-3-6(9)8-10-5/h3-4H,2,7H2,1H3,(H,8,9). The molecule has 4 nitrogen and oxygen atoms in total. The number of aromatic amines is 1. The fourth-order valence-electron chi connectivity index (χ4n) is 0.681. The second-order valence-corrected chi connectivity index (χ2v) is 2.13. The van der Waals surface area contributed by atoms with Crippen molar-refractivity contribution in [2.45, 2.75) is 19.4 Å². The fourth-order valence-corrected chi connectivity index (χ4v) is 0.681. The van der Waals surface area contributed by atoms with Crippen molar-refractivity contribution in [3.63, 3.8) is 0 Å². The summed E-state index contributed by atoms with van der Waals surface area (Å²) in [5.74, 6) is 0.521. The van der Waals surface area contributed by atoms with Crippen LogP contribution in [0, 0.1) is 0 Å². The number of hydrogen-bond acceptors (Lipinski definition) is 3. The summed E-state index contributed by atoms with van der Waals surface area (Å²) >= 11 is 0. The lowest BCUT2D eigenvalue weighted by atomic mass is 10.2. The predicted octanol–water partition coefficient (Wildman–Crippen LogP) is 0.378. The van der Waals surface area contributed by atoms with Gasteiger partial charge in [0.15, 0.2) is 5.76 Å². The van der Waals surface area contributed by atoms with Crippen molar-refractivity contribution >= 4 is 0 Å². The minimum atomic E-state index is -0.237. The van der Waals surface area contributed by atoms with Gasteiger partial charge in [0.1, 0.15) is 0 Å². The van der Waals surface area contributed by atoms with Crippen LogP contribution in [0.5, 0.6) is 0 Å². The molecule has 0 aromatic carbocycles.